The molecule has 0 bridgehead atoms. The van der Waals surface area contributed by atoms with E-state index in [1.807, 2.05) is 0 Å². The molecular weight excluding hydrogens is 148 g/mol. The Bertz CT molecular complexity index is 229. The monoisotopic (exact) mass is 156 g/mol. The highest BCUT2D eigenvalue weighted by molar-refractivity contribution is 5.86. The van der Waals surface area contributed by atoms with Crippen LogP contribution in [0.25, 0.3) is 0 Å². The van der Waals surface area contributed by atoms with E-state index in [1.165, 1.54) is 4.90 Å². The molecule has 0 aliphatic heterocycles. The molecule has 7 nitrogen and oxygen atoms in total. The zero-order valence-corrected chi connectivity index (χ0v) is 6.20. The number of tetrazole rings is 1. The van der Waals surface area contributed by atoms with Gasteiger partial charge in [0.2, 0.25) is 0 Å². The van der Waals surface area contributed by atoms with E-state index in [9.17, 15) is 4.79 Å². The molecule has 0 spiro atoms. The predicted molar refractivity (Wildman–Crippen MR) is 36.9 cm³/mol. The van der Waals surface area contributed by atoms with Crippen molar-refractivity contribution in [3.8, 4) is 0 Å². The second kappa shape index (κ2) is 2.95. The molecule has 0 saturated heterocycles. The Kier molecular flexibility index (Phi) is 2.00. The van der Waals surface area contributed by atoms with Crippen molar-refractivity contribution in [2.24, 2.45) is 0 Å². The summed E-state index contributed by atoms with van der Waals surface area (Å²) in [6, 6.07) is -0.286. The topological polar surface area (TPSA) is 86.8 Å². The number of H-pyrrole nitrogens is 1. The van der Waals surface area contributed by atoms with Crippen LogP contribution in [0.3, 0.4) is 0 Å². The lowest BCUT2D eigenvalue weighted by Gasteiger charge is -2.08. The first-order chi connectivity index (χ1) is 5.20. The Morgan fingerprint density at radius 1 is 1.64 bits per heavy atom. The smallest absolute Gasteiger partial charge is 0.323 e. The average molecular weight is 156 g/mol. The van der Waals surface area contributed by atoms with E-state index in [4.69, 9.17) is 0 Å². The Morgan fingerprint density at radius 3 is 2.82 bits per heavy atom. The Labute approximate surface area is 62.8 Å². The molecular formula is C4H8N6O. The number of carbonyl (C=O) groups excluding carboxylic acids is 1. The number of nitrogens with one attached hydrogen (secondary N) is 2. The van der Waals surface area contributed by atoms with Crippen molar-refractivity contribution in [3.05, 3.63) is 0 Å². The van der Waals surface area contributed by atoms with Crippen LogP contribution in [0.1, 0.15) is 0 Å². The maximum Gasteiger partial charge on any atom is 0.323 e. The number of carbonyl (C=O) groups is 1. The third-order valence-corrected chi connectivity index (χ3v) is 0.970. The minimum absolute atomic E-state index is 0.170. The van der Waals surface area contributed by atoms with E-state index in [-0.39, 0.29) is 12.0 Å². The first-order valence-corrected chi connectivity index (χ1v) is 2.92. The van der Waals surface area contributed by atoms with E-state index < -0.39 is 0 Å². The minimum atomic E-state index is -0.286. The van der Waals surface area contributed by atoms with Crippen LogP contribution in [0.5, 0.6) is 0 Å². The number of amides is 2. The Balaban J connectivity index is 2.50. The number of hydrogen-bond donors (Lipinski definition) is 2. The predicted octanol–water partition coefficient (Wildman–Crippen LogP) is -0.707. The van der Waals surface area contributed by atoms with E-state index in [2.05, 4.69) is 25.9 Å². The highest BCUT2D eigenvalue weighted by atomic mass is 16.2. The Hall–Kier alpha value is -1.66. The molecule has 0 aromatic carbocycles. The molecule has 60 valence electrons. The fourth-order valence-electron chi connectivity index (χ4n) is 0.422. The third-order valence-electron chi connectivity index (χ3n) is 0.970. The zero-order valence-electron chi connectivity index (χ0n) is 6.20. The highest BCUT2D eigenvalue weighted by Crippen LogP contribution is 1.91. The van der Waals surface area contributed by atoms with Crippen LogP contribution in [-0.4, -0.2) is 45.7 Å². The summed E-state index contributed by atoms with van der Waals surface area (Å²) in [5.74, 6) is 0.170. The van der Waals surface area contributed by atoms with Crippen molar-refractivity contribution < 1.29 is 4.79 Å². The van der Waals surface area contributed by atoms with Crippen molar-refractivity contribution in [1.82, 2.24) is 25.5 Å². The summed E-state index contributed by atoms with van der Waals surface area (Å²) in [6.45, 7) is 0. The molecule has 2 amide bonds. The van der Waals surface area contributed by atoms with Gasteiger partial charge in [0.15, 0.2) is 0 Å². The summed E-state index contributed by atoms with van der Waals surface area (Å²) < 4.78 is 0. The molecule has 0 aliphatic carbocycles. The summed E-state index contributed by atoms with van der Waals surface area (Å²) in [7, 11) is 3.24. The van der Waals surface area contributed by atoms with Crippen molar-refractivity contribution in [1.29, 1.82) is 0 Å². The van der Waals surface area contributed by atoms with E-state index in [0.717, 1.165) is 0 Å². The summed E-state index contributed by atoms with van der Waals surface area (Å²) >= 11 is 0. The standard InChI is InChI=1S/C4H8N6O/c1-10(2)4(11)5-3-6-8-9-7-3/h1-2H3,(H2,5,6,7,8,9,11). The van der Waals surface area contributed by atoms with Gasteiger partial charge in [-0.15, -0.1) is 5.10 Å². The highest BCUT2D eigenvalue weighted by Gasteiger charge is 2.05. The van der Waals surface area contributed by atoms with Crippen LogP contribution in [0, 0.1) is 0 Å². The van der Waals surface area contributed by atoms with Gasteiger partial charge in [-0.25, -0.2) is 4.79 Å². The summed E-state index contributed by atoms with van der Waals surface area (Å²) in [4.78, 5) is 12.3. The summed E-state index contributed by atoms with van der Waals surface area (Å²) in [5, 5.41) is 14.9. The molecule has 1 aromatic heterocycles. The number of anilines is 1. The minimum Gasteiger partial charge on any atom is -0.331 e. The number of urea groups is 1. The first-order valence-electron chi connectivity index (χ1n) is 2.92. The lowest BCUT2D eigenvalue weighted by Crippen LogP contribution is -2.27. The van der Waals surface area contributed by atoms with Crippen LogP contribution in [-0.2, 0) is 0 Å². The van der Waals surface area contributed by atoms with Gasteiger partial charge in [0.25, 0.3) is 5.95 Å². The van der Waals surface area contributed by atoms with Crippen LogP contribution < -0.4 is 5.32 Å². The molecule has 2 N–H and O–H groups in total. The second-order valence-corrected chi connectivity index (χ2v) is 2.06. The van der Waals surface area contributed by atoms with Gasteiger partial charge in [-0.3, -0.25) is 5.32 Å². The Morgan fingerprint density at radius 2 is 2.36 bits per heavy atom. The van der Waals surface area contributed by atoms with Crippen molar-refractivity contribution >= 4 is 12.0 Å². The molecule has 0 radical (unpaired) electrons. The van der Waals surface area contributed by atoms with Gasteiger partial charge in [0.05, 0.1) is 0 Å². The molecule has 1 rings (SSSR count). The SMILES string of the molecule is CN(C)C(=O)Nc1nn[nH]n1. The molecule has 0 unspecified atom stereocenters. The lowest BCUT2D eigenvalue weighted by atomic mass is 10.8. The van der Waals surface area contributed by atoms with Crippen LogP contribution in [0.2, 0.25) is 0 Å². The lowest BCUT2D eigenvalue weighted by molar-refractivity contribution is 0.230. The largest absolute Gasteiger partial charge is 0.331 e. The maximum atomic E-state index is 10.9. The maximum absolute atomic E-state index is 10.9. The van der Waals surface area contributed by atoms with Crippen molar-refractivity contribution in [3.63, 3.8) is 0 Å². The van der Waals surface area contributed by atoms with Crippen LogP contribution >= 0.6 is 0 Å². The third kappa shape index (κ3) is 1.88. The van der Waals surface area contributed by atoms with E-state index >= 15 is 0 Å². The van der Waals surface area contributed by atoms with Gasteiger partial charge in [-0.2, -0.15) is 5.21 Å². The fraction of sp³-hybridized carbons (Fsp3) is 0.500. The molecule has 0 saturated carbocycles. The van der Waals surface area contributed by atoms with Gasteiger partial charge in [-0.1, -0.05) is 5.10 Å². The van der Waals surface area contributed by atoms with Crippen LogP contribution in [0.15, 0.2) is 0 Å². The first kappa shape index (κ1) is 7.45. The van der Waals surface area contributed by atoms with Gasteiger partial charge < -0.3 is 4.90 Å². The molecule has 0 fully saturated rings. The van der Waals surface area contributed by atoms with Gasteiger partial charge >= 0.3 is 6.03 Å². The number of rotatable bonds is 1. The molecule has 11 heavy (non-hydrogen) atoms. The van der Waals surface area contributed by atoms with E-state index in [0.29, 0.717) is 0 Å². The summed E-state index contributed by atoms with van der Waals surface area (Å²) in [5.41, 5.74) is 0. The van der Waals surface area contributed by atoms with Crippen LogP contribution in [0.4, 0.5) is 10.7 Å². The summed E-state index contributed by atoms with van der Waals surface area (Å²) in [6.07, 6.45) is 0. The second-order valence-electron chi connectivity index (χ2n) is 2.06. The molecule has 1 aromatic rings. The molecule has 0 aliphatic rings. The zero-order chi connectivity index (χ0) is 8.27. The molecule has 7 heteroatoms. The normalized spacial score (nSPS) is 9.27. The van der Waals surface area contributed by atoms with Crippen molar-refractivity contribution in [2.45, 2.75) is 0 Å². The number of hydrogen-bond acceptors (Lipinski definition) is 4. The fourth-order valence-corrected chi connectivity index (χ4v) is 0.422. The van der Waals surface area contributed by atoms with Crippen molar-refractivity contribution in [2.75, 3.05) is 19.4 Å². The number of aromatic amines is 1. The number of nitrogens with zero attached hydrogens (tertiary/aromatic N) is 4. The van der Waals surface area contributed by atoms with Gasteiger partial charge in [-0.05, 0) is 5.21 Å². The quantitative estimate of drug-likeness (QED) is 0.562. The van der Waals surface area contributed by atoms with Gasteiger partial charge in [0.1, 0.15) is 0 Å². The molecule has 1 heterocycles. The molecule has 0 atom stereocenters. The van der Waals surface area contributed by atoms with Gasteiger partial charge in [0, 0.05) is 14.1 Å². The van der Waals surface area contributed by atoms with E-state index in [1.54, 1.807) is 14.1 Å². The number of aromatic nitrogens is 4. The average Bonchev–Trinajstić information content (AvgIpc) is 2.39.